The third kappa shape index (κ3) is 26.5. The largest absolute Gasteiger partial charge is 0.462 e. The van der Waals surface area contributed by atoms with Crippen LogP contribution in [0.1, 0.15) is 158 Å². The molecule has 0 rings (SSSR count). The molecule has 0 N–H and O–H groups in total. The van der Waals surface area contributed by atoms with Crippen molar-refractivity contribution in [2.45, 2.75) is 198 Å². The van der Waals surface area contributed by atoms with Crippen molar-refractivity contribution in [1.29, 1.82) is 0 Å². The second kappa shape index (κ2) is 27.5. The number of esters is 4. The summed E-state index contributed by atoms with van der Waals surface area (Å²) in [7, 11) is 0. The van der Waals surface area contributed by atoms with Crippen molar-refractivity contribution in [3.63, 3.8) is 0 Å². The van der Waals surface area contributed by atoms with Crippen LogP contribution in [0.25, 0.3) is 0 Å². The van der Waals surface area contributed by atoms with Crippen LogP contribution in [-0.4, -0.2) is 96.6 Å². The van der Waals surface area contributed by atoms with E-state index in [2.05, 4.69) is 32.8 Å². The molecule has 59 heavy (non-hydrogen) atoms. The Labute approximate surface area is 353 Å². The zero-order chi connectivity index (χ0) is 47.8. The number of hydrogen-bond donors (Lipinski definition) is 0. The van der Waals surface area contributed by atoms with Gasteiger partial charge in [-0.05, 0) is 106 Å². The van der Waals surface area contributed by atoms with Gasteiger partial charge in [-0.15, -0.1) is 0 Å². The maximum absolute atomic E-state index is 11.7. The Morgan fingerprint density at radius 1 is 0.492 bits per heavy atom. The number of carbonyl (C=O) groups excluding carboxylic acids is 8. The minimum Gasteiger partial charge on any atom is -0.462 e. The van der Waals surface area contributed by atoms with Crippen molar-refractivity contribution < 1.29 is 76.3 Å². The molecule has 346 valence electrons. The molecule has 16 nitrogen and oxygen atoms in total. The molecular formula is C43H78O16. The average molecular weight is 851 g/mol. The Hall–Kier alpha value is -4.24. The van der Waals surface area contributed by atoms with Gasteiger partial charge in [0.2, 0.25) is 22.4 Å². The summed E-state index contributed by atoms with van der Waals surface area (Å²) in [5, 5.41) is 0. The molecule has 16 heteroatoms. The summed E-state index contributed by atoms with van der Waals surface area (Å²) < 4.78 is 39.3. The number of rotatable bonds is 21. The van der Waals surface area contributed by atoms with Gasteiger partial charge in [0.25, 0.3) is 25.9 Å². The van der Waals surface area contributed by atoms with Gasteiger partial charge in [0.1, 0.15) is 17.8 Å². The maximum Gasteiger partial charge on any atom is 0.350 e. The van der Waals surface area contributed by atoms with Gasteiger partial charge in [-0.1, -0.05) is 75.2 Å². The average Bonchev–Trinajstić information content (AvgIpc) is 3.08. The molecule has 0 bridgehead atoms. The normalized spacial score (nSPS) is 12.9. The summed E-state index contributed by atoms with van der Waals surface area (Å²) >= 11 is 0. The summed E-state index contributed by atoms with van der Waals surface area (Å²) in [6.07, 6.45) is 1.52. The Balaban J connectivity index is -0.000000342. The molecule has 0 fully saturated rings. The third-order valence-corrected chi connectivity index (χ3v) is 9.42. The van der Waals surface area contributed by atoms with Crippen LogP contribution in [0, 0.1) is 23.2 Å². The van der Waals surface area contributed by atoms with Crippen LogP contribution in [-0.2, 0) is 76.3 Å². The fraction of sp³-hybridized carbons (Fsp3) is 0.814. The lowest BCUT2D eigenvalue weighted by molar-refractivity contribution is -0.185. The van der Waals surface area contributed by atoms with E-state index in [1.54, 1.807) is 6.92 Å². The highest BCUT2D eigenvalue weighted by atomic mass is 16.6. The Morgan fingerprint density at radius 2 is 0.814 bits per heavy atom. The van der Waals surface area contributed by atoms with Gasteiger partial charge in [-0.25, -0.2) is 19.2 Å². The van der Waals surface area contributed by atoms with E-state index in [1.165, 1.54) is 55.4 Å². The molecule has 0 saturated heterocycles. The Bertz CT molecular complexity index is 1280. The fourth-order valence-corrected chi connectivity index (χ4v) is 2.97. The van der Waals surface area contributed by atoms with Crippen molar-refractivity contribution in [1.82, 2.24) is 0 Å². The number of hydrogen-bond acceptors (Lipinski definition) is 16. The van der Waals surface area contributed by atoms with Gasteiger partial charge < -0.3 is 37.9 Å². The second-order valence-corrected chi connectivity index (χ2v) is 18.1. The van der Waals surface area contributed by atoms with Crippen LogP contribution in [0.5, 0.6) is 0 Å². The first-order valence-electron chi connectivity index (χ1n) is 19.8. The first kappa shape index (κ1) is 61.4. The monoisotopic (exact) mass is 851 g/mol. The van der Waals surface area contributed by atoms with Crippen LogP contribution in [0.15, 0.2) is 0 Å². The molecule has 0 aliphatic carbocycles. The first-order chi connectivity index (χ1) is 26.5. The zero-order valence-electron chi connectivity index (χ0n) is 39.8. The smallest absolute Gasteiger partial charge is 0.350 e. The van der Waals surface area contributed by atoms with E-state index in [9.17, 15) is 38.4 Å². The highest BCUT2D eigenvalue weighted by Crippen LogP contribution is 2.25. The van der Waals surface area contributed by atoms with Gasteiger partial charge in [0, 0.05) is 0 Å². The standard InChI is InChI=1S/3C11H20O4.C10H18O4/c1-8(10(2,3)4)15-9(13)11(5,6)14-7-12;1-8(2)10(3,4)15-9(13)11(5,6)14-7-12;1-5-9(6-2)7-14-10(13)11(3,4)15-8-12;1-7(2)8(3)14-9(12)10(4,5)13-6-11/h2*7-8H,1-6H3;8-9H,5-7H2,1-4H3;6-8H,1-5H3. The molecule has 2 unspecified atom stereocenters. The van der Waals surface area contributed by atoms with Crippen LogP contribution in [0.4, 0.5) is 0 Å². The van der Waals surface area contributed by atoms with Gasteiger partial charge >= 0.3 is 23.9 Å². The summed E-state index contributed by atoms with van der Waals surface area (Å²) in [5.74, 6) is -1.28. The lowest BCUT2D eigenvalue weighted by Crippen LogP contribution is -2.43. The van der Waals surface area contributed by atoms with E-state index < -0.39 is 51.9 Å². The third-order valence-electron chi connectivity index (χ3n) is 9.42. The molecule has 0 aromatic heterocycles. The fourth-order valence-electron chi connectivity index (χ4n) is 2.97. The van der Waals surface area contributed by atoms with E-state index in [-0.39, 0.29) is 55.3 Å². The molecule has 0 radical (unpaired) electrons. The van der Waals surface area contributed by atoms with Gasteiger partial charge in [-0.2, -0.15) is 0 Å². The lowest BCUT2D eigenvalue weighted by Gasteiger charge is -2.32. The van der Waals surface area contributed by atoms with Crippen molar-refractivity contribution in [3.8, 4) is 0 Å². The van der Waals surface area contributed by atoms with Gasteiger partial charge in [0.15, 0.2) is 0 Å². The van der Waals surface area contributed by atoms with E-state index in [0.717, 1.165) is 12.8 Å². The maximum atomic E-state index is 11.7. The molecule has 0 aliphatic heterocycles. The van der Waals surface area contributed by atoms with Crippen LogP contribution >= 0.6 is 0 Å². The Kier molecular flexibility index (Phi) is 28.6. The van der Waals surface area contributed by atoms with E-state index in [0.29, 0.717) is 12.5 Å². The summed E-state index contributed by atoms with van der Waals surface area (Å²) in [6, 6.07) is 0. The van der Waals surface area contributed by atoms with Crippen molar-refractivity contribution >= 4 is 49.8 Å². The lowest BCUT2D eigenvalue weighted by atomic mass is 9.90. The predicted molar refractivity (Wildman–Crippen MR) is 220 cm³/mol. The highest BCUT2D eigenvalue weighted by Gasteiger charge is 2.38. The van der Waals surface area contributed by atoms with Gasteiger partial charge in [-0.3, -0.25) is 19.2 Å². The van der Waals surface area contributed by atoms with Crippen molar-refractivity contribution in [3.05, 3.63) is 0 Å². The molecule has 0 spiro atoms. The van der Waals surface area contributed by atoms with E-state index >= 15 is 0 Å². The first-order valence-corrected chi connectivity index (χ1v) is 19.8. The Morgan fingerprint density at radius 3 is 1.10 bits per heavy atom. The zero-order valence-corrected chi connectivity index (χ0v) is 39.8. The van der Waals surface area contributed by atoms with Crippen molar-refractivity contribution in [2.75, 3.05) is 6.61 Å². The predicted octanol–water partition coefficient (Wildman–Crippen LogP) is 7.27. The minimum absolute atomic E-state index is 0.132. The topological polar surface area (TPSA) is 210 Å². The summed E-state index contributed by atoms with van der Waals surface area (Å²) in [5.41, 5.74) is -5.54. The molecule has 0 amide bonds. The van der Waals surface area contributed by atoms with Crippen LogP contribution in [0.3, 0.4) is 0 Å². The van der Waals surface area contributed by atoms with Crippen LogP contribution in [0.2, 0.25) is 0 Å². The molecule has 0 heterocycles. The summed E-state index contributed by atoms with van der Waals surface area (Å²) in [4.78, 5) is 86.9. The SMILES string of the molecule is CC(C)C(C)(C)OC(=O)C(C)(C)OC=O.CC(C)C(C)OC(=O)C(C)(C)OC=O.CC(OC(=O)C(C)(C)OC=O)C(C)(C)C.CCC(CC)COC(=O)C(C)(C)OC=O. The second-order valence-electron chi connectivity index (χ2n) is 18.1. The number of carbonyl (C=O) groups is 8. The van der Waals surface area contributed by atoms with Crippen LogP contribution < -0.4 is 0 Å². The quantitative estimate of drug-likeness (QED) is 0.0631. The number of ether oxygens (including phenoxy) is 8. The van der Waals surface area contributed by atoms with E-state index in [4.69, 9.17) is 18.9 Å². The molecular weight excluding hydrogens is 772 g/mol. The minimum atomic E-state index is -1.23. The van der Waals surface area contributed by atoms with Gasteiger partial charge in [0.05, 0.1) is 6.61 Å². The van der Waals surface area contributed by atoms with Crippen molar-refractivity contribution in [2.24, 2.45) is 23.2 Å². The molecule has 2 atom stereocenters. The molecule has 0 aromatic carbocycles. The molecule has 0 saturated carbocycles. The molecule has 0 aromatic rings. The molecule has 0 aliphatic rings. The highest BCUT2D eigenvalue weighted by molar-refractivity contribution is 5.81. The van der Waals surface area contributed by atoms with E-state index in [1.807, 2.05) is 69.2 Å². The summed E-state index contributed by atoms with van der Waals surface area (Å²) in [6.45, 7) is 38.5.